The Balaban J connectivity index is 1.85. The van der Waals surface area contributed by atoms with Crippen LogP contribution in [0.5, 0.6) is 5.75 Å². The van der Waals surface area contributed by atoms with Crippen molar-refractivity contribution in [3.8, 4) is 5.75 Å². The van der Waals surface area contributed by atoms with Gasteiger partial charge in [-0.05, 0) is 48.9 Å². The first-order valence-corrected chi connectivity index (χ1v) is 8.21. The molecule has 2 amide bonds. The van der Waals surface area contributed by atoms with Gasteiger partial charge in [-0.25, -0.2) is 0 Å². The second-order valence-corrected chi connectivity index (χ2v) is 5.43. The van der Waals surface area contributed by atoms with Crippen LogP contribution in [0.4, 0.5) is 11.4 Å². The molecule has 25 heavy (non-hydrogen) atoms. The van der Waals surface area contributed by atoms with Gasteiger partial charge in [-0.1, -0.05) is 13.0 Å². The fourth-order valence-corrected chi connectivity index (χ4v) is 2.16. The Kier molecular flexibility index (Phi) is 6.83. The van der Waals surface area contributed by atoms with Crippen LogP contribution in [-0.2, 0) is 4.79 Å². The quantitative estimate of drug-likeness (QED) is 0.690. The molecule has 0 aliphatic heterocycles. The Labute approximate surface area is 147 Å². The number of rotatable bonds is 8. The second kappa shape index (κ2) is 9.32. The van der Waals surface area contributed by atoms with Crippen molar-refractivity contribution in [3.05, 3.63) is 54.1 Å². The van der Waals surface area contributed by atoms with Gasteiger partial charge in [0.05, 0.1) is 13.2 Å². The summed E-state index contributed by atoms with van der Waals surface area (Å²) in [5.41, 5.74) is 1.95. The number of anilines is 2. The minimum atomic E-state index is -0.174. The van der Waals surface area contributed by atoms with E-state index in [2.05, 4.69) is 16.0 Å². The Morgan fingerprint density at radius 2 is 1.80 bits per heavy atom. The van der Waals surface area contributed by atoms with Crippen molar-refractivity contribution in [3.63, 3.8) is 0 Å². The van der Waals surface area contributed by atoms with Crippen LogP contribution in [0.25, 0.3) is 0 Å². The lowest BCUT2D eigenvalue weighted by atomic mass is 10.2. The molecule has 0 heterocycles. The predicted molar refractivity (Wildman–Crippen MR) is 99.2 cm³/mol. The lowest BCUT2D eigenvalue weighted by Gasteiger charge is -2.10. The summed E-state index contributed by atoms with van der Waals surface area (Å²) >= 11 is 0. The van der Waals surface area contributed by atoms with Crippen LogP contribution in [0.1, 0.15) is 23.7 Å². The van der Waals surface area contributed by atoms with Crippen molar-refractivity contribution < 1.29 is 14.3 Å². The fraction of sp³-hybridized carbons (Fsp3) is 0.263. The predicted octanol–water partition coefficient (Wildman–Crippen LogP) is 2.89. The van der Waals surface area contributed by atoms with Crippen LogP contribution in [-0.4, -0.2) is 32.0 Å². The summed E-state index contributed by atoms with van der Waals surface area (Å²) in [5, 5.41) is 8.38. The van der Waals surface area contributed by atoms with Crippen molar-refractivity contribution in [2.45, 2.75) is 13.3 Å². The monoisotopic (exact) mass is 341 g/mol. The van der Waals surface area contributed by atoms with Gasteiger partial charge in [-0.2, -0.15) is 0 Å². The third-order valence-corrected chi connectivity index (χ3v) is 3.42. The largest absolute Gasteiger partial charge is 0.494 e. The first-order chi connectivity index (χ1) is 12.1. The van der Waals surface area contributed by atoms with Crippen LogP contribution < -0.4 is 20.7 Å². The first-order valence-electron chi connectivity index (χ1n) is 8.21. The smallest absolute Gasteiger partial charge is 0.251 e. The molecule has 2 aromatic carbocycles. The van der Waals surface area contributed by atoms with E-state index >= 15 is 0 Å². The van der Waals surface area contributed by atoms with E-state index in [4.69, 9.17) is 4.74 Å². The third-order valence-electron chi connectivity index (χ3n) is 3.42. The minimum absolute atomic E-state index is 0.102. The SMILES string of the molecule is CCCOc1ccc(NC(=O)CNc2cccc(C(=O)NC)c2)cc1. The molecule has 6 heteroatoms. The van der Waals surface area contributed by atoms with E-state index in [-0.39, 0.29) is 18.4 Å². The summed E-state index contributed by atoms with van der Waals surface area (Å²) in [7, 11) is 1.58. The minimum Gasteiger partial charge on any atom is -0.494 e. The Hall–Kier alpha value is -3.02. The third kappa shape index (κ3) is 5.84. The highest BCUT2D eigenvalue weighted by molar-refractivity contribution is 5.96. The molecule has 0 aliphatic carbocycles. The van der Waals surface area contributed by atoms with E-state index in [1.54, 1.807) is 43.4 Å². The Morgan fingerprint density at radius 1 is 1.04 bits per heavy atom. The zero-order valence-electron chi connectivity index (χ0n) is 14.5. The van der Waals surface area contributed by atoms with E-state index < -0.39 is 0 Å². The number of benzene rings is 2. The maximum absolute atomic E-state index is 12.0. The van der Waals surface area contributed by atoms with Gasteiger partial charge in [-0.3, -0.25) is 9.59 Å². The summed E-state index contributed by atoms with van der Waals surface area (Å²) in [6.07, 6.45) is 0.950. The van der Waals surface area contributed by atoms with Gasteiger partial charge in [0.2, 0.25) is 5.91 Å². The average Bonchev–Trinajstić information content (AvgIpc) is 2.65. The summed E-state index contributed by atoms with van der Waals surface area (Å²) < 4.78 is 5.50. The van der Waals surface area contributed by atoms with Gasteiger partial charge in [-0.15, -0.1) is 0 Å². The average molecular weight is 341 g/mol. The molecule has 0 aromatic heterocycles. The fourth-order valence-electron chi connectivity index (χ4n) is 2.16. The Bertz CT molecular complexity index is 714. The molecular formula is C19H23N3O3. The number of hydrogen-bond acceptors (Lipinski definition) is 4. The van der Waals surface area contributed by atoms with Crippen molar-refractivity contribution in [1.82, 2.24) is 5.32 Å². The maximum atomic E-state index is 12.0. The first kappa shape index (κ1) is 18.3. The molecule has 2 aromatic rings. The molecule has 3 N–H and O–H groups in total. The normalized spacial score (nSPS) is 10.0. The van der Waals surface area contributed by atoms with Gasteiger partial charge in [0.1, 0.15) is 5.75 Å². The van der Waals surface area contributed by atoms with Crippen molar-refractivity contribution in [1.29, 1.82) is 0 Å². The molecule has 132 valence electrons. The molecule has 0 radical (unpaired) electrons. The molecule has 2 rings (SSSR count). The summed E-state index contributed by atoms with van der Waals surface area (Å²) in [5.74, 6) is 0.440. The number of amides is 2. The zero-order chi connectivity index (χ0) is 18.1. The van der Waals surface area contributed by atoms with Gasteiger partial charge in [0, 0.05) is 24.0 Å². The number of nitrogens with one attached hydrogen (secondary N) is 3. The molecule has 0 fully saturated rings. The zero-order valence-corrected chi connectivity index (χ0v) is 14.5. The van der Waals surface area contributed by atoms with Crippen LogP contribution in [0.15, 0.2) is 48.5 Å². The summed E-state index contributed by atoms with van der Waals surface area (Å²) in [6.45, 7) is 2.82. The van der Waals surface area contributed by atoms with E-state index in [9.17, 15) is 9.59 Å². The van der Waals surface area contributed by atoms with Crippen LogP contribution in [0.3, 0.4) is 0 Å². The highest BCUT2D eigenvalue weighted by Crippen LogP contribution is 2.16. The van der Waals surface area contributed by atoms with E-state index in [0.29, 0.717) is 23.5 Å². The van der Waals surface area contributed by atoms with Gasteiger partial charge < -0.3 is 20.7 Å². The van der Waals surface area contributed by atoms with E-state index in [0.717, 1.165) is 12.2 Å². The maximum Gasteiger partial charge on any atom is 0.251 e. The van der Waals surface area contributed by atoms with Gasteiger partial charge in [0.15, 0.2) is 0 Å². The topological polar surface area (TPSA) is 79.5 Å². The van der Waals surface area contributed by atoms with E-state index in [1.807, 2.05) is 19.1 Å². The highest BCUT2D eigenvalue weighted by Gasteiger charge is 2.06. The lowest BCUT2D eigenvalue weighted by Crippen LogP contribution is -2.22. The molecule has 6 nitrogen and oxygen atoms in total. The van der Waals surface area contributed by atoms with Crippen molar-refractivity contribution in [2.75, 3.05) is 30.8 Å². The molecule has 0 saturated heterocycles. The molecule has 0 unspecified atom stereocenters. The summed E-state index contributed by atoms with van der Waals surface area (Å²) in [4.78, 5) is 23.6. The van der Waals surface area contributed by atoms with E-state index in [1.165, 1.54) is 0 Å². The van der Waals surface area contributed by atoms with Crippen molar-refractivity contribution in [2.24, 2.45) is 0 Å². The van der Waals surface area contributed by atoms with Crippen LogP contribution in [0.2, 0.25) is 0 Å². The van der Waals surface area contributed by atoms with Crippen LogP contribution >= 0.6 is 0 Å². The molecule has 0 bridgehead atoms. The second-order valence-electron chi connectivity index (χ2n) is 5.43. The standard InChI is InChI=1S/C19H23N3O3/c1-3-11-25-17-9-7-15(8-10-17)22-18(23)13-21-16-6-4-5-14(12-16)19(24)20-2/h4-10,12,21H,3,11,13H2,1-2H3,(H,20,24)(H,22,23). The Morgan fingerprint density at radius 3 is 2.48 bits per heavy atom. The summed E-state index contributed by atoms with van der Waals surface area (Å²) in [6, 6.07) is 14.2. The highest BCUT2D eigenvalue weighted by atomic mass is 16.5. The number of carbonyl (C=O) groups is 2. The molecule has 0 spiro atoms. The van der Waals surface area contributed by atoms with Crippen LogP contribution in [0, 0.1) is 0 Å². The number of carbonyl (C=O) groups excluding carboxylic acids is 2. The number of ether oxygens (including phenoxy) is 1. The molecule has 0 saturated carbocycles. The lowest BCUT2D eigenvalue weighted by molar-refractivity contribution is -0.114. The van der Waals surface area contributed by atoms with Gasteiger partial charge in [0.25, 0.3) is 5.91 Å². The molecular weight excluding hydrogens is 318 g/mol. The molecule has 0 aliphatic rings. The number of hydrogen-bond donors (Lipinski definition) is 3. The van der Waals surface area contributed by atoms with Gasteiger partial charge >= 0.3 is 0 Å². The van der Waals surface area contributed by atoms with Crippen molar-refractivity contribution >= 4 is 23.2 Å². The molecule has 0 atom stereocenters.